The van der Waals surface area contributed by atoms with E-state index in [1.54, 1.807) is 0 Å². The van der Waals surface area contributed by atoms with Gasteiger partial charge >= 0.3 is 0 Å². The van der Waals surface area contributed by atoms with Crippen molar-refractivity contribution < 1.29 is 0 Å². The van der Waals surface area contributed by atoms with Crippen molar-refractivity contribution in [1.82, 2.24) is 0 Å². The Morgan fingerprint density at radius 2 is 0.762 bits per heavy atom. The largest absolute Gasteiger partial charge is 0.310 e. The number of fused-ring (bicyclic) bond motifs is 10. The maximum absolute atomic E-state index is 2.44. The molecular weight excluding hydrogens is 761 g/mol. The van der Waals surface area contributed by atoms with E-state index in [-0.39, 0.29) is 5.41 Å². The van der Waals surface area contributed by atoms with Crippen molar-refractivity contribution in [3.05, 3.63) is 242 Å². The van der Waals surface area contributed by atoms with E-state index in [4.69, 9.17) is 0 Å². The van der Waals surface area contributed by atoms with Crippen molar-refractivity contribution in [3.63, 3.8) is 0 Å². The third-order valence-electron chi connectivity index (χ3n) is 13.4. The zero-order valence-corrected chi connectivity index (χ0v) is 35.3. The lowest BCUT2D eigenvalue weighted by Gasteiger charge is -2.29. The topological polar surface area (TPSA) is 6.48 Å². The molecule has 0 aliphatic heterocycles. The number of anilines is 6. The van der Waals surface area contributed by atoms with Gasteiger partial charge in [-0.05, 0) is 138 Å². The first-order valence-electron chi connectivity index (χ1n) is 21.9. The van der Waals surface area contributed by atoms with Crippen LogP contribution in [-0.4, -0.2) is 0 Å². The van der Waals surface area contributed by atoms with Crippen LogP contribution in [-0.2, 0) is 5.41 Å². The summed E-state index contributed by atoms with van der Waals surface area (Å²) in [4.78, 5) is 4.85. The van der Waals surface area contributed by atoms with Crippen LogP contribution in [0.25, 0.3) is 65.3 Å². The van der Waals surface area contributed by atoms with Crippen molar-refractivity contribution in [3.8, 4) is 22.3 Å². The standard InChI is InChI=1S/C61H44N2/c1-61(2)58-26-14-13-25-54(58)55-37-34-48(40-59(55)61)62(45-30-28-42(29-31-45)41-16-5-3-6-17-41)46-32-35-52-53-36-33-47(39-57(53)51-24-12-11-23-50(51)56(52)38-46)63(44-20-7-4-8-21-44)60-27-15-19-43-18-9-10-22-49(43)60/h3-40H,1-2H3. The Hall–Kier alpha value is -7.94. The minimum atomic E-state index is -0.119. The molecule has 298 valence electrons. The fraction of sp³-hybridized carbons (Fsp3) is 0.0492. The molecule has 11 aromatic carbocycles. The first-order chi connectivity index (χ1) is 31.0. The normalized spacial score (nSPS) is 12.7. The van der Waals surface area contributed by atoms with Crippen LogP contribution in [0.3, 0.4) is 0 Å². The van der Waals surface area contributed by atoms with Crippen LogP contribution in [0.4, 0.5) is 34.1 Å². The summed E-state index contributed by atoms with van der Waals surface area (Å²) in [5.74, 6) is 0. The van der Waals surface area contributed by atoms with Gasteiger partial charge in [0.1, 0.15) is 0 Å². The molecule has 0 atom stereocenters. The van der Waals surface area contributed by atoms with Gasteiger partial charge in [0.25, 0.3) is 0 Å². The molecule has 0 heterocycles. The van der Waals surface area contributed by atoms with E-state index in [0.29, 0.717) is 0 Å². The molecule has 0 bridgehead atoms. The van der Waals surface area contributed by atoms with Crippen LogP contribution in [0, 0.1) is 0 Å². The molecule has 0 saturated heterocycles. The number of nitrogens with zero attached hydrogens (tertiary/aromatic N) is 2. The SMILES string of the molecule is CC1(C)c2ccccc2-c2ccc(N(c3ccc(-c4ccccc4)cc3)c3ccc4c5ccc(N(c6ccccc6)c6cccc7ccccc67)cc5c5ccccc5c4c3)cc21. The van der Waals surface area contributed by atoms with Crippen LogP contribution in [0.2, 0.25) is 0 Å². The second kappa shape index (κ2) is 14.6. The predicted octanol–water partition coefficient (Wildman–Crippen LogP) is 17.2. The van der Waals surface area contributed by atoms with Crippen LogP contribution in [0.5, 0.6) is 0 Å². The van der Waals surface area contributed by atoms with Crippen LogP contribution in [0.15, 0.2) is 231 Å². The maximum Gasteiger partial charge on any atom is 0.0540 e. The van der Waals surface area contributed by atoms with E-state index in [9.17, 15) is 0 Å². The molecular formula is C61H44N2. The van der Waals surface area contributed by atoms with E-state index in [1.807, 2.05) is 0 Å². The molecule has 0 unspecified atom stereocenters. The molecule has 0 radical (unpaired) electrons. The molecule has 63 heavy (non-hydrogen) atoms. The predicted molar refractivity (Wildman–Crippen MR) is 269 cm³/mol. The zero-order chi connectivity index (χ0) is 42.1. The number of hydrogen-bond acceptors (Lipinski definition) is 2. The Kier molecular flexibility index (Phi) is 8.55. The Labute approximate surface area is 368 Å². The minimum absolute atomic E-state index is 0.119. The molecule has 2 heteroatoms. The van der Waals surface area contributed by atoms with Crippen molar-refractivity contribution in [1.29, 1.82) is 0 Å². The fourth-order valence-corrected chi connectivity index (χ4v) is 10.3. The third kappa shape index (κ3) is 6.02. The van der Waals surface area contributed by atoms with Crippen LogP contribution in [0.1, 0.15) is 25.0 Å². The van der Waals surface area contributed by atoms with Gasteiger partial charge < -0.3 is 9.80 Å². The zero-order valence-electron chi connectivity index (χ0n) is 35.3. The fourth-order valence-electron chi connectivity index (χ4n) is 10.3. The highest BCUT2D eigenvalue weighted by Gasteiger charge is 2.35. The van der Waals surface area contributed by atoms with Crippen LogP contribution >= 0.6 is 0 Å². The molecule has 12 rings (SSSR count). The summed E-state index contributed by atoms with van der Waals surface area (Å²) in [6.07, 6.45) is 0. The molecule has 0 fully saturated rings. The number of para-hydroxylation sites is 1. The van der Waals surface area contributed by atoms with Crippen molar-refractivity contribution >= 4 is 77.2 Å². The van der Waals surface area contributed by atoms with E-state index < -0.39 is 0 Å². The average molecular weight is 805 g/mol. The van der Waals surface area contributed by atoms with E-state index in [2.05, 4.69) is 254 Å². The summed E-state index contributed by atoms with van der Waals surface area (Å²) in [6.45, 7) is 4.72. The Morgan fingerprint density at radius 3 is 1.48 bits per heavy atom. The highest BCUT2D eigenvalue weighted by molar-refractivity contribution is 6.26. The van der Waals surface area contributed by atoms with E-state index >= 15 is 0 Å². The number of benzene rings is 11. The van der Waals surface area contributed by atoms with Crippen molar-refractivity contribution in [2.45, 2.75) is 19.3 Å². The summed E-state index contributed by atoms with van der Waals surface area (Å²) in [5, 5.41) is 9.85. The quantitative estimate of drug-likeness (QED) is 0.148. The van der Waals surface area contributed by atoms with Gasteiger partial charge in [-0.15, -0.1) is 0 Å². The second-order valence-electron chi connectivity index (χ2n) is 17.3. The van der Waals surface area contributed by atoms with E-state index in [0.717, 1.165) is 34.1 Å². The van der Waals surface area contributed by atoms with E-state index in [1.165, 1.54) is 76.5 Å². The van der Waals surface area contributed by atoms with Gasteiger partial charge in [-0.2, -0.15) is 0 Å². The summed E-state index contributed by atoms with van der Waals surface area (Å²) >= 11 is 0. The molecule has 0 aromatic heterocycles. The minimum Gasteiger partial charge on any atom is -0.310 e. The average Bonchev–Trinajstić information content (AvgIpc) is 3.57. The lowest BCUT2D eigenvalue weighted by atomic mass is 9.82. The molecule has 2 nitrogen and oxygen atoms in total. The molecule has 0 amide bonds. The molecule has 0 spiro atoms. The molecule has 0 saturated carbocycles. The molecule has 11 aromatic rings. The summed E-state index contributed by atoms with van der Waals surface area (Å²) in [5.41, 5.74) is 14.5. The molecule has 1 aliphatic carbocycles. The summed E-state index contributed by atoms with van der Waals surface area (Å²) in [7, 11) is 0. The smallest absolute Gasteiger partial charge is 0.0540 e. The Bertz CT molecular complexity index is 3510. The van der Waals surface area contributed by atoms with Gasteiger partial charge in [0, 0.05) is 39.2 Å². The first-order valence-corrected chi connectivity index (χ1v) is 21.9. The third-order valence-corrected chi connectivity index (χ3v) is 13.4. The number of hydrogen-bond donors (Lipinski definition) is 0. The lowest BCUT2D eigenvalue weighted by Crippen LogP contribution is -2.16. The first kappa shape index (κ1) is 36.9. The van der Waals surface area contributed by atoms with Gasteiger partial charge in [0.15, 0.2) is 0 Å². The van der Waals surface area contributed by atoms with Crippen molar-refractivity contribution in [2.24, 2.45) is 0 Å². The summed E-state index contributed by atoms with van der Waals surface area (Å²) in [6, 6.07) is 84.7. The second-order valence-corrected chi connectivity index (χ2v) is 17.3. The van der Waals surface area contributed by atoms with Gasteiger partial charge in [-0.1, -0.05) is 178 Å². The monoisotopic (exact) mass is 804 g/mol. The lowest BCUT2D eigenvalue weighted by molar-refractivity contribution is 0.660. The number of rotatable bonds is 7. The van der Waals surface area contributed by atoms with Gasteiger partial charge in [0.2, 0.25) is 0 Å². The van der Waals surface area contributed by atoms with Gasteiger partial charge in [0.05, 0.1) is 5.69 Å². The molecule has 0 N–H and O–H groups in total. The van der Waals surface area contributed by atoms with Gasteiger partial charge in [-0.3, -0.25) is 0 Å². The Balaban J connectivity index is 1.04. The highest BCUT2D eigenvalue weighted by Crippen LogP contribution is 2.51. The maximum atomic E-state index is 2.44. The van der Waals surface area contributed by atoms with Crippen LogP contribution < -0.4 is 9.80 Å². The highest BCUT2D eigenvalue weighted by atomic mass is 15.1. The molecule has 1 aliphatic rings. The van der Waals surface area contributed by atoms with Crippen molar-refractivity contribution in [2.75, 3.05) is 9.80 Å². The van der Waals surface area contributed by atoms with Gasteiger partial charge in [-0.25, -0.2) is 0 Å². The Morgan fingerprint density at radius 1 is 0.286 bits per heavy atom. The summed E-state index contributed by atoms with van der Waals surface area (Å²) < 4.78 is 0.